The van der Waals surface area contributed by atoms with Crippen molar-refractivity contribution in [3.63, 3.8) is 0 Å². The Hall–Kier alpha value is -2.66. The summed E-state index contributed by atoms with van der Waals surface area (Å²) in [5, 5.41) is 3.61. The van der Waals surface area contributed by atoms with Crippen LogP contribution in [-0.4, -0.2) is 42.9 Å². The van der Waals surface area contributed by atoms with Crippen molar-refractivity contribution in [1.29, 1.82) is 0 Å². The van der Waals surface area contributed by atoms with E-state index in [9.17, 15) is 9.59 Å². The van der Waals surface area contributed by atoms with Crippen LogP contribution in [0.4, 0.5) is 5.69 Å². The van der Waals surface area contributed by atoms with E-state index < -0.39 is 6.04 Å². The predicted octanol–water partition coefficient (Wildman–Crippen LogP) is 4.78. The Balaban J connectivity index is 1.76. The second-order valence-electron chi connectivity index (χ2n) is 9.71. The van der Waals surface area contributed by atoms with E-state index in [4.69, 9.17) is 0 Å². The summed E-state index contributed by atoms with van der Waals surface area (Å²) >= 11 is 0. The number of hydrogen-bond acceptors (Lipinski definition) is 3. The van der Waals surface area contributed by atoms with Crippen LogP contribution in [0, 0.1) is 5.92 Å². The zero-order valence-corrected chi connectivity index (χ0v) is 19.5. The number of carbonyl (C=O) groups is 2. The number of rotatable bonds is 8. The van der Waals surface area contributed by atoms with Gasteiger partial charge < -0.3 is 15.1 Å². The van der Waals surface area contributed by atoms with Crippen LogP contribution in [0.25, 0.3) is 11.1 Å². The Labute approximate surface area is 191 Å². The average Bonchev–Trinajstić information content (AvgIpc) is 3.26. The first-order valence-electron chi connectivity index (χ1n) is 11.9. The van der Waals surface area contributed by atoms with Crippen molar-refractivity contribution in [2.45, 2.75) is 57.5 Å². The van der Waals surface area contributed by atoms with E-state index in [-0.39, 0.29) is 11.4 Å². The number of nitrogens with zero attached hydrogens (tertiary/aromatic N) is 2. The Morgan fingerprint density at radius 1 is 1.09 bits per heavy atom. The number of benzene rings is 2. The Morgan fingerprint density at radius 3 is 2.44 bits per heavy atom. The van der Waals surface area contributed by atoms with Gasteiger partial charge >= 0.3 is 0 Å². The second-order valence-corrected chi connectivity index (χ2v) is 9.71. The van der Waals surface area contributed by atoms with Gasteiger partial charge in [0.05, 0.1) is 11.2 Å². The van der Waals surface area contributed by atoms with Crippen LogP contribution in [0.5, 0.6) is 0 Å². The molecular formula is C27H35N3O2. The van der Waals surface area contributed by atoms with E-state index in [0.717, 1.165) is 74.0 Å². The smallest absolute Gasteiger partial charge is 0.254 e. The lowest BCUT2D eigenvalue weighted by Crippen LogP contribution is -2.56. The lowest BCUT2D eigenvalue weighted by Gasteiger charge is -2.44. The van der Waals surface area contributed by atoms with Crippen molar-refractivity contribution < 1.29 is 9.59 Å². The van der Waals surface area contributed by atoms with Gasteiger partial charge in [-0.3, -0.25) is 9.59 Å². The van der Waals surface area contributed by atoms with Gasteiger partial charge in [0.25, 0.3) is 5.91 Å². The van der Waals surface area contributed by atoms with Gasteiger partial charge in [0.1, 0.15) is 6.04 Å². The average molecular weight is 434 g/mol. The molecule has 2 aromatic rings. The lowest BCUT2D eigenvalue weighted by molar-refractivity contribution is -0.137. The Bertz CT molecular complexity index is 965. The quantitative estimate of drug-likeness (QED) is 0.482. The highest BCUT2D eigenvalue weighted by atomic mass is 16.2. The molecule has 0 spiro atoms. The molecule has 5 heteroatoms. The molecule has 0 saturated heterocycles. The van der Waals surface area contributed by atoms with Gasteiger partial charge in [0.2, 0.25) is 6.41 Å². The zero-order chi connectivity index (χ0) is 22.7. The molecule has 2 aliphatic rings. The van der Waals surface area contributed by atoms with Crippen molar-refractivity contribution in [3.8, 4) is 11.1 Å². The SMILES string of the molecule is CC(C)CCNCC1(N(C=O)C2C(=O)N(C)c3ccccc3-c3ccccc32)CCCC1. The molecule has 32 heavy (non-hydrogen) atoms. The van der Waals surface area contributed by atoms with E-state index in [2.05, 4.69) is 31.3 Å². The summed E-state index contributed by atoms with van der Waals surface area (Å²) in [7, 11) is 1.82. The maximum absolute atomic E-state index is 13.9. The van der Waals surface area contributed by atoms with Gasteiger partial charge in [-0.05, 0) is 48.9 Å². The third kappa shape index (κ3) is 4.06. The number of para-hydroxylation sites is 1. The molecule has 4 rings (SSSR count). The first kappa shape index (κ1) is 22.5. The van der Waals surface area contributed by atoms with Crippen LogP contribution in [0.3, 0.4) is 0 Å². The third-order valence-electron chi connectivity index (χ3n) is 7.20. The fraction of sp³-hybridized carbons (Fsp3) is 0.481. The molecule has 1 heterocycles. The van der Waals surface area contributed by atoms with Gasteiger partial charge in [-0.2, -0.15) is 0 Å². The van der Waals surface area contributed by atoms with Gasteiger partial charge in [0, 0.05) is 19.2 Å². The minimum atomic E-state index is -0.633. The van der Waals surface area contributed by atoms with E-state index >= 15 is 0 Å². The summed E-state index contributed by atoms with van der Waals surface area (Å²) in [5.41, 5.74) is 3.51. The Kier molecular flexibility index (Phi) is 6.66. The molecule has 1 saturated carbocycles. The molecule has 1 aliphatic heterocycles. The minimum Gasteiger partial charge on any atom is -0.322 e. The minimum absolute atomic E-state index is 0.0528. The van der Waals surface area contributed by atoms with Crippen LogP contribution in [0.15, 0.2) is 48.5 Å². The van der Waals surface area contributed by atoms with Crippen molar-refractivity contribution in [1.82, 2.24) is 10.2 Å². The number of fused-ring (bicyclic) bond motifs is 3. The van der Waals surface area contributed by atoms with E-state index in [1.165, 1.54) is 0 Å². The van der Waals surface area contributed by atoms with E-state index in [0.29, 0.717) is 5.92 Å². The number of amides is 2. The molecule has 1 fully saturated rings. The topological polar surface area (TPSA) is 52.7 Å². The standard InChI is InChI=1S/C27H35N3O2/c1-20(2)14-17-28-18-27(15-8-9-16-27)30(19-31)25-23-12-5-4-10-21(23)22-11-6-7-13-24(22)29(3)26(25)32/h4-7,10-13,19-20,25,28H,8-9,14-18H2,1-3H3. The molecule has 1 atom stereocenters. The van der Waals surface area contributed by atoms with Crippen molar-refractivity contribution in [2.75, 3.05) is 25.0 Å². The van der Waals surface area contributed by atoms with Crippen LogP contribution in [-0.2, 0) is 9.59 Å². The van der Waals surface area contributed by atoms with Crippen LogP contribution < -0.4 is 10.2 Å². The summed E-state index contributed by atoms with van der Waals surface area (Å²) in [6.45, 7) is 6.09. The molecule has 170 valence electrons. The first-order valence-corrected chi connectivity index (χ1v) is 11.9. The highest BCUT2D eigenvalue weighted by Crippen LogP contribution is 2.45. The molecule has 1 aliphatic carbocycles. The molecule has 2 amide bonds. The largest absolute Gasteiger partial charge is 0.322 e. The fourth-order valence-electron chi connectivity index (χ4n) is 5.40. The summed E-state index contributed by atoms with van der Waals surface area (Å²) in [5.74, 6) is 0.578. The molecule has 2 aromatic carbocycles. The fourth-order valence-corrected chi connectivity index (χ4v) is 5.40. The lowest BCUT2D eigenvalue weighted by atomic mass is 9.88. The molecule has 5 nitrogen and oxygen atoms in total. The maximum atomic E-state index is 13.9. The summed E-state index contributed by atoms with van der Waals surface area (Å²) < 4.78 is 0. The molecule has 1 unspecified atom stereocenters. The van der Waals surface area contributed by atoms with Crippen LogP contribution >= 0.6 is 0 Å². The molecule has 0 bridgehead atoms. The first-order chi connectivity index (χ1) is 15.5. The summed E-state index contributed by atoms with van der Waals surface area (Å²) in [6.07, 6.45) is 6.02. The number of nitrogens with one attached hydrogen (secondary N) is 1. The van der Waals surface area contributed by atoms with Crippen LogP contribution in [0.2, 0.25) is 0 Å². The monoisotopic (exact) mass is 433 g/mol. The highest BCUT2D eigenvalue weighted by molar-refractivity contribution is 6.05. The molecule has 1 N–H and O–H groups in total. The Morgan fingerprint density at radius 2 is 1.75 bits per heavy atom. The van der Waals surface area contributed by atoms with Crippen molar-refractivity contribution in [3.05, 3.63) is 54.1 Å². The predicted molar refractivity (Wildman–Crippen MR) is 129 cm³/mol. The van der Waals surface area contributed by atoms with Gasteiger partial charge in [-0.1, -0.05) is 69.2 Å². The van der Waals surface area contributed by atoms with Crippen LogP contribution in [0.1, 0.15) is 57.6 Å². The zero-order valence-electron chi connectivity index (χ0n) is 19.5. The van der Waals surface area contributed by atoms with Gasteiger partial charge in [-0.25, -0.2) is 0 Å². The van der Waals surface area contributed by atoms with Crippen molar-refractivity contribution >= 4 is 18.0 Å². The number of carbonyl (C=O) groups excluding carboxylic acids is 2. The van der Waals surface area contributed by atoms with Crippen molar-refractivity contribution in [2.24, 2.45) is 5.92 Å². The number of anilines is 1. The van der Waals surface area contributed by atoms with Gasteiger partial charge in [0.15, 0.2) is 0 Å². The van der Waals surface area contributed by atoms with Gasteiger partial charge in [-0.15, -0.1) is 0 Å². The molecular weight excluding hydrogens is 398 g/mol. The summed E-state index contributed by atoms with van der Waals surface area (Å²) in [4.78, 5) is 30.2. The molecule has 0 radical (unpaired) electrons. The number of likely N-dealkylation sites (N-methyl/N-ethyl adjacent to an activating group) is 1. The third-order valence-corrected chi connectivity index (χ3v) is 7.20. The van der Waals surface area contributed by atoms with E-state index in [1.807, 2.05) is 48.3 Å². The highest BCUT2D eigenvalue weighted by Gasteiger charge is 2.46. The number of hydrogen-bond donors (Lipinski definition) is 1. The molecule has 0 aromatic heterocycles. The second kappa shape index (κ2) is 9.45. The summed E-state index contributed by atoms with van der Waals surface area (Å²) in [6, 6.07) is 15.4. The maximum Gasteiger partial charge on any atom is 0.254 e. The normalized spacial score (nSPS) is 19.4. The van der Waals surface area contributed by atoms with E-state index in [1.54, 1.807) is 4.90 Å².